The predicted octanol–water partition coefficient (Wildman–Crippen LogP) is 4.57. The van der Waals surface area contributed by atoms with Gasteiger partial charge in [0.05, 0.1) is 22.8 Å². The molecular formula is C15H16ClN3S. The van der Waals surface area contributed by atoms with Crippen LogP contribution in [0.4, 0.5) is 5.69 Å². The van der Waals surface area contributed by atoms with Gasteiger partial charge >= 0.3 is 0 Å². The van der Waals surface area contributed by atoms with Crippen LogP contribution in [0.25, 0.3) is 10.9 Å². The molecule has 1 aromatic carbocycles. The number of amidine groups is 1. The van der Waals surface area contributed by atoms with Crippen LogP contribution in [0.1, 0.15) is 19.8 Å². The van der Waals surface area contributed by atoms with Crippen molar-refractivity contribution in [3.63, 3.8) is 0 Å². The van der Waals surface area contributed by atoms with Crippen LogP contribution in [-0.2, 0) is 0 Å². The van der Waals surface area contributed by atoms with E-state index in [0.29, 0.717) is 5.25 Å². The Labute approximate surface area is 127 Å². The highest BCUT2D eigenvalue weighted by molar-refractivity contribution is 8.15. The standard InChI is InChI=1S/C15H16ClN3S/c1-2-4-10-9-18-15(20-10)19-13-7-6-12(16)11-5-3-8-17-14(11)13/h3,5-8,10H,2,4,9H2,1H3,(H,18,19). The molecule has 0 spiro atoms. The zero-order valence-electron chi connectivity index (χ0n) is 11.3. The van der Waals surface area contributed by atoms with Crippen molar-refractivity contribution in [2.24, 2.45) is 4.99 Å². The fourth-order valence-electron chi connectivity index (χ4n) is 2.31. The van der Waals surface area contributed by atoms with Gasteiger partial charge in [0.25, 0.3) is 0 Å². The van der Waals surface area contributed by atoms with Gasteiger partial charge < -0.3 is 5.32 Å². The molecule has 1 atom stereocenters. The average molecular weight is 306 g/mol. The van der Waals surface area contributed by atoms with Crippen LogP contribution in [0.5, 0.6) is 0 Å². The maximum absolute atomic E-state index is 6.21. The molecule has 0 radical (unpaired) electrons. The second-order valence-electron chi connectivity index (χ2n) is 4.79. The van der Waals surface area contributed by atoms with Crippen LogP contribution in [-0.4, -0.2) is 21.9 Å². The quantitative estimate of drug-likeness (QED) is 0.902. The van der Waals surface area contributed by atoms with E-state index in [1.54, 1.807) is 6.20 Å². The molecule has 0 amide bonds. The molecule has 1 aromatic heterocycles. The van der Waals surface area contributed by atoms with Gasteiger partial charge in [0.1, 0.15) is 0 Å². The predicted molar refractivity (Wildman–Crippen MR) is 89.0 cm³/mol. The number of rotatable bonds is 3. The van der Waals surface area contributed by atoms with Gasteiger partial charge in [0.15, 0.2) is 5.17 Å². The number of aliphatic imine (C=N–C) groups is 1. The Morgan fingerprint density at radius 1 is 1.40 bits per heavy atom. The summed E-state index contributed by atoms with van der Waals surface area (Å²) in [7, 11) is 0. The topological polar surface area (TPSA) is 37.3 Å². The molecule has 3 rings (SSSR count). The zero-order valence-corrected chi connectivity index (χ0v) is 12.8. The molecule has 0 aliphatic carbocycles. The maximum atomic E-state index is 6.21. The van der Waals surface area contributed by atoms with E-state index in [0.717, 1.165) is 33.3 Å². The first-order chi connectivity index (χ1) is 9.78. The highest BCUT2D eigenvalue weighted by Gasteiger charge is 2.19. The molecule has 0 fully saturated rings. The monoisotopic (exact) mass is 305 g/mol. The van der Waals surface area contributed by atoms with Crippen molar-refractivity contribution in [3.05, 3.63) is 35.5 Å². The number of halogens is 1. The normalized spacial score (nSPS) is 18.3. The highest BCUT2D eigenvalue weighted by Crippen LogP contribution is 2.31. The first-order valence-electron chi connectivity index (χ1n) is 6.79. The number of nitrogens with one attached hydrogen (secondary N) is 1. The van der Waals surface area contributed by atoms with Crippen LogP contribution in [0.2, 0.25) is 5.02 Å². The van der Waals surface area contributed by atoms with Gasteiger partial charge in [-0.2, -0.15) is 0 Å². The summed E-state index contributed by atoms with van der Waals surface area (Å²) >= 11 is 8.03. The van der Waals surface area contributed by atoms with Gasteiger partial charge in [-0.3, -0.25) is 9.98 Å². The third-order valence-electron chi connectivity index (χ3n) is 3.29. The lowest BCUT2D eigenvalue weighted by Gasteiger charge is -2.10. The SMILES string of the molecule is CCCC1CN=C(Nc2ccc(Cl)c3cccnc23)S1. The second kappa shape index (κ2) is 6.02. The minimum absolute atomic E-state index is 0.606. The van der Waals surface area contributed by atoms with E-state index >= 15 is 0 Å². The van der Waals surface area contributed by atoms with Gasteiger partial charge in [0.2, 0.25) is 0 Å². The molecule has 5 heteroatoms. The van der Waals surface area contributed by atoms with Crippen molar-refractivity contribution in [1.82, 2.24) is 4.98 Å². The van der Waals surface area contributed by atoms with Crippen LogP contribution >= 0.6 is 23.4 Å². The number of fused-ring (bicyclic) bond motifs is 1. The Kier molecular flexibility index (Phi) is 4.13. The number of thioether (sulfide) groups is 1. The third kappa shape index (κ3) is 2.76. The number of pyridine rings is 1. The summed E-state index contributed by atoms with van der Waals surface area (Å²) in [6.07, 6.45) is 4.19. The lowest BCUT2D eigenvalue weighted by molar-refractivity contribution is 0.754. The first-order valence-corrected chi connectivity index (χ1v) is 8.05. The Balaban J connectivity index is 1.84. The zero-order chi connectivity index (χ0) is 13.9. The molecule has 3 nitrogen and oxygen atoms in total. The second-order valence-corrected chi connectivity index (χ2v) is 6.49. The molecular weight excluding hydrogens is 290 g/mol. The molecule has 0 saturated carbocycles. The summed E-state index contributed by atoms with van der Waals surface area (Å²) in [5, 5.41) is 6.67. The molecule has 1 unspecified atom stereocenters. The lowest BCUT2D eigenvalue weighted by Crippen LogP contribution is -2.08. The van der Waals surface area contributed by atoms with Gasteiger partial charge in [-0.05, 0) is 30.7 Å². The molecule has 1 aliphatic rings. The smallest absolute Gasteiger partial charge is 0.161 e. The number of aromatic nitrogens is 1. The van der Waals surface area contributed by atoms with Gasteiger partial charge in [0, 0.05) is 16.8 Å². The third-order valence-corrected chi connectivity index (χ3v) is 4.79. The highest BCUT2D eigenvalue weighted by atomic mass is 35.5. The van der Waals surface area contributed by atoms with Gasteiger partial charge in [-0.1, -0.05) is 36.7 Å². The number of hydrogen-bond donors (Lipinski definition) is 1. The van der Waals surface area contributed by atoms with E-state index in [4.69, 9.17) is 11.6 Å². The summed E-state index contributed by atoms with van der Waals surface area (Å²) < 4.78 is 0. The van der Waals surface area contributed by atoms with E-state index in [1.807, 2.05) is 36.0 Å². The van der Waals surface area contributed by atoms with Crippen molar-refractivity contribution in [2.45, 2.75) is 25.0 Å². The van der Waals surface area contributed by atoms with Crippen molar-refractivity contribution >= 4 is 45.1 Å². The molecule has 2 aromatic rings. The number of nitrogens with zero attached hydrogens (tertiary/aromatic N) is 2. The Bertz CT molecular complexity index is 657. The summed E-state index contributed by atoms with van der Waals surface area (Å²) in [6.45, 7) is 3.11. The molecule has 0 bridgehead atoms. The fourth-order valence-corrected chi connectivity index (χ4v) is 3.66. The maximum Gasteiger partial charge on any atom is 0.161 e. The van der Waals surface area contributed by atoms with E-state index in [-0.39, 0.29) is 0 Å². The molecule has 1 N–H and O–H groups in total. The van der Waals surface area contributed by atoms with Crippen LogP contribution in [0.3, 0.4) is 0 Å². The lowest BCUT2D eigenvalue weighted by atomic mass is 10.2. The van der Waals surface area contributed by atoms with Crippen molar-refractivity contribution in [1.29, 1.82) is 0 Å². The minimum atomic E-state index is 0.606. The minimum Gasteiger partial charge on any atom is -0.333 e. The van der Waals surface area contributed by atoms with Gasteiger partial charge in [-0.15, -0.1) is 0 Å². The summed E-state index contributed by atoms with van der Waals surface area (Å²) in [6, 6.07) is 7.75. The van der Waals surface area contributed by atoms with E-state index in [1.165, 1.54) is 12.8 Å². The van der Waals surface area contributed by atoms with E-state index < -0.39 is 0 Å². The molecule has 1 aliphatic heterocycles. The summed E-state index contributed by atoms with van der Waals surface area (Å²) in [4.78, 5) is 9.00. The van der Waals surface area contributed by atoms with Crippen molar-refractivity contribution < 1.29 is 0 Å². The Morgan fingerprint density at radius 2 is 2.30 bits per heavy atom. The molecule has 2 heterocycles. The van der Waals surface area contributed by atoms with Crippen molar-refractivity contribution in [3.8, 4) is 0 Å². The number of benzene rings is 1. The average Bonchev–Trinajstić information content (AvgIpc) is 2.90. The van der Waals surface area contributed by atoms with Crippen LogP contribution < -0.4 is 5.32 Å². The van der Waals surface area contributed by atoms with Gasteiger partial charge in [-0.25, -0.2) is 0 Å². The Morgan fingerprint density at radius 3 is 3.15 bits per heavy atom. The summed E-state index contributed by atoms with van der Waals surface area (Å²) in [5.41, 5.74) is 1.86. The number of hydrogen-bond acceptors (Lipinski definition) is 4. The molecule has 104 valence electrons. The Hall–Kier alpha value is -1.26. The number of anilines is 1. The van der Waals surface area contributed by atoms with E-state index in [2.05, 4.69) is 22.2 Å². The van der Waals surface area contributed by atoms with Crippen LogP contribution in [0.15, 0.2) is 35.5 Å². The first kappa shape index (κ1) is 13.7. The fraction of sp³-hybridized carbons (Fsp3) is 0.333. The molecule has 0 saturated heterocycles. The summed E-state index contributed by atoms with van der Waals surface area (Å²) in [5.74, 6) is 0. The molecule has 20 heavy (non-hydrogen) atoms. The van der Waals surface area contributed by atoms with E-state index in [9.17, 15) is 0 Å². The van der Waals surface area contributed by atoms with Crippen LogP contribution in [0, 0.1) is 0 Å². The van der Waals surface area contributed by atoms with Crippen molar-refractivity contribution in [2.75, 3.05) is 11.9 Å². The largest absolute Gasteiger partial charge is 0.333 e.